The van der Waals surface area contributed by atoms with Gasteiger partial charge in [0, 0.05) is 18.2 Å². The minimum absolute atomic E-state index is 0.0681. The molecule has 4 nitrogen and oxygen atoms in total. The fraction of sp³-hybridized carbons (Fsp3) is 0.182. The zero-order valence-electron chi connectivity index (χ0n) is 14.6. The van der Waals surface area contributed by atoms with Gasteiger partial charge in [0.2, 0.25) is 0 Å². The van der Waals surface area contributed by atoms with Crippen molar-refractivity contribution >= 4 is 5.91 Å². The lowest BCUT2D eigenvalue weighted by Crippen LogP contribution is -2.34. The summed E-state index contributed by atoms with van der Waals surface area (Å²) in [6, 6.07) is 19.2. The molecule has 0 unspecified atom stereocenters. The van der Waals surface area contributed by atoms with Crippen molar-refractivity contribution in [2.24, 2.45) is 0 Å². The van der Waals surface area contributed by atoms with E-state index in [0.717, 1.165) is 17.5 Å². The summed E-state index contributed by atoms with van der Waals surface area (Å²) in [6.45, 7) is 0.413. The Hall–Kier alpha value is -3.21. The normalized spacial score (nSPS) is 18.1. The molecule has 2 aromatic carbocycles. The first-order valence-corrected chi connectivity index (χ1v) is 8.91. The Kier molecular flexibility index (Phi) is 4.59. The maximum Gasteiger partial charge on any atom is 0.263 e. The van der Waals surface area contributed by atoms with E-state index in [-0.39, 0.29) is 34.8 Å². The van der Waals surface area contributed by atoms with Gasteiger partial charge >= 0.3 is 0 Å². The highest BCUT2D eigenvalue weighted by Gasteiger charge is 2.40. The molecule has 1 aliphatic rings. The number of nitrogens with one attached hydrogen (secondary N) is 1. The number of halogens is 1. The van der Waals surface area contributed by atoms with Gasteiger partial charge in [-0.05, 0) is 41.8 Å². The SMILES string of the molecule is O=C(N[C@@H]1C[C@@H]1c1cccc(F)c1)c1cccn(Cc2ccccc2)c1=O. The van der Waals surface area contributed by atoms with Crippen LogP contribution in [-0.2, 0) is 6.54 Å². The first-order valence-electron chi connectivity index (χ1n) is 8.91. The fourth-order valence-corrected chi connectivity index (χ4v) is 3.32. The second-order valence-electron chi connectivity index (χ2n) is 6.82. The van der Waals surface area contributed by atoms with E-state index >= 15 is 0 Å². The summed E-state index contributed by atoms with van der Waals surface area (Å²) in [5.74, 6) is -0.567. The van der Waals surface area contributed by atoms with Crippen LogP contribution in [0.2, 0.25) is 0 Å². The molecule has 1 N–H and O–H groups in total. The average Bonchev–Trinajstić information content (AvgIpc) is 3.43. The molecule has 0 spiro atoms. The lowest BCUT2D eigenvalue weighted by atomic mass is 10.1. The first-order chi connectivity index (χ1) is 13.1. The van der Waals surface area contributed by atoms with E-state index in [1.54, 1.807) is 24.4 Å². The average molecular weight is 362 g/mol. The molecule has 5 heteroatoms. The van der Waals surface area contributed by atoms with Crippen molar-refractivity contribution < 1.29 is 9.18 Å². The maximum absolute atomic E-state index is 13.4. The molecule has 1 amide bonds. The molecule has 1 saturated carbocycles. The lowest BCUT2D eigenvalue weighted by molar-refractivity contribution is 0.0948. The number of hydrogen-bond donors (Lipinski definition) is 1. The van der Waals surface area contributed by atoms with Crippen molar-refractivity contribution in [1.29, 1.82) is 0 Å². The molecule has 27 heavy (non-hydrogen) atoms. The van der Waals surface area contributed by atoms with Crippen LogP contribution in [0.5, 0.6) is 0 Å². The van der Waals surface area contributed by atoms with E-state index in [4.69, 9.17) is 0 Å². The van der Waals surface area contributed by atoms with E-state index in [1.165, 1.54) is 16.7 Å². The van der Waals surface area contributed by atoms with Crippen LogP contribution in [0, 0.1) is 5.82 Å². The third kappa shape index (κ3) is 3.82. The summed E-state index contributed by atoms with van der Waals surface area (Å²) in [6.07, 6.45) is 2.43. The van der Waals surface area contributed by atoms with Crippen molar-refractivity contribution in [2.45, 2.75) is 24.9 Å². The van der Waals surface area contributed by atoms with E-state index in [1.807, 2.05) is 36.4 Å². The molecule has 0 saturated heterocycles. The Morgan fingerprint density at radius 3 is 2.67 bits per heavy atom. The first kappa shape index (κ1) is 17.2. The number of amides is 1. The maximum atomic E-state index is 13.4. The number of aromatic nitrogens is 1. The zero-order chi connectivity index (χ0) is 18.8. The van der Waals surface area contributed by atoms with Gasteiger partial charge in [-0.2, -0.15) is 0 Å². The van der Waals surface area contributed by atoms with Crippen LogP contribution in [0.25, 0.3) is 0 Å². The minimum atomic E-state index is -0.383. The molecule has 136 valence electrons. The van der Waals surface area contributed by atoms with E-state index < -0.39 is 0 Å². The van der Waals surface area contributed by atoms with Crippen LogP contribution in [0.1, 0.15) is 33.8 Å². The minimum Gasteiger partial charge on any atom is -0.348 e. The molecule has 1 aliphatic carbocycles. The Bertz CT molecular complexity index is 1030. The number of carbonyl (C=O) groups is 1. The number of hydrogen-bond acceptors (Lipinski definition) is 2. The van der Waals surface area contributed by atoms with Crippen molar-refractivity contribution in [1.82, 2.24) is 9.88 Å². The fourth-order valence-electron chi connectivity index (χ4n) is 3.32. The van der Waals surface area contributed by atoms with E-state index in [2.05, 4.69) is 5.32 Å². The molecule has 2 atom stereocenters. The van der Waals surface area contributed by atoms with Gasteiger partial charge in [-0.1, -0.05) is 42.5 Å². The summed E-state index contributed by atoms with van der Waals surface area (Å²) in [5.41, 5.74) is 1.67. The van der Waals surface area contributed by atoms with Crippen LogP contribution in [0.15, 0.2) is 77.7 Å². The van der Waals surface area contributed by atoms with Crippen molar-refractivity contribution in [3.05, 3.63) is 106 Å². The van der Waals surface area contributed by atoms with Gasteiger partial charge in [-0.25, -0.2) is 4.39 Å². The predicted molar refractivity (Wildman–Crippen MR) is 101 cm³/mol. The van der Waals surface area contributed by atoms with Gasteiger partial charge in [-0.3, -0.25) is 9.59 Å². The molecule has 1 fully saturated rings. The summed E-state index contributed by atoms with van der Waals surface area (Å²) in [5, 5.41) is 2.90. The molecule has 4 rings (SSSR count). The summed E-state index contributed by atoms with van der Waals surface area (Å²) in [4.78, 5) is 25.2. The molecule has 1 aromatic heterocycles. The van der Waals surface area contributed by atoms with Crippen LogP contribution in [0.3, 0.4) is 0 Å². The third-order valence-electron chi connectivity index (χ3n) is 4.84. The van der Waals surface area contributed by atoms with E-state index in [0.29, 0.717) is 6.54 Å². The molecule has 1 heterocycles. The molecular weight excluding hydrogens is 343 g/mol. The largest absolute Gasteiger partial charge is 0.348 e. The van der Waals surface area contributed by atoms with Gasteiger partial charge in [0.25, 0.3) is 11.5 Å². The second-order valence-corrected chi connectivity index (χ2v) is 6.82. The second kappa shape index (κ2) is 7.19. The van der Waals surface area contributed by atoms with Crippen LogP contribution in [-0.4, -0.2) is 16.5 Å². The van der Waals surface area contributed by atoms with Gasteiger partial charge in [-0.15, -0.1) is 0 Å². The Morgan fingerprint density at radius 1 is 1.07 bits per heavy atom. The third-order valence-corrected chi connectivity index (χ3v) is 4.84. The predicted octanol–water partition coefficient (Wildman–Crippen LogP) is 3.32. The zero-order valence-corrected chi connectivity index (χ0v) is 14.6. The summed E-state index contributed by atoms with van der Waals surface area (Å²) < 4.78 is 14.9. The molecule has 3 aromatic rings. The van der Waals surface area contributed by atoms with Crippen LogP contribution >= 0.6 is 0 Å². The van der Waals surface area contributed by atoms with Crippen molar-refractivity contribution in [2.75, 3.05) is 0 Å². The number of nitrogens with zero attached hydrogens (tertiary/aromatic N) is 1. The smallest absolute Gasteiger partial charge is 0.263 e. The quantitative estimate of drug-likeness (QED) is 0.757. The monoisotopic (exact) mass is 362 g/mol. The summed E-state index contributed by atoms with van der Waals surface area (Å²) in [7, 11) is 0. The van der Waals surface area contributed by atoms with Crippen molar-refractivity contribution in [3.8, 4) is 0 Å². The topological polar surface area (TPSA) is 51.1 Å². The summed E-state index contributed by atoms with van der Waals surface area (Å²) >= 11 is 0. The molecular formula is C22H19FN2O2. The van der Waals surface area contributed by atoms with E-state index in [9.17, 15) is 14.0 Å². The highest BCUT2D eigenvalue weighted by atomic mass is 19.1. The van der Waals surface area contributed by atoms with Gasteiger partial charge in [0.15, 0.2) is 0 Å². The van der Waals surface area contributed by atoms with Crippen molar-refractivity contribution in [3.63, 3.8) is 0 Å². The molecule has 0 aliphatic heterocycles. The Morgan fingerprint density at radius 2 is 1.89 bits per heavy atom. The van der Waals surface area contributed by atoms with Gasteiger partial charge < -0.3 is 9.88 Å². The van der Waals surface area contributed by atoms with Gasteiger partial charge in [0.1, 0.15) is 11.4 Å². The van der Waals surface area contributed by atoms with Crippen LogP contribution in [0.4, 0.5) is 4.39 Å². The molecule has 0 bridgehead atoms. The van der Waals surface area contributed by atoms with Gasteiger partial charge in [0.05, 0.1) is 6.54 Å². The Balaban J connectivity index is 1.47. The Labute approximate surface area is 156 Å². The number of pyridine rings is 1. The number of benzene rings is 2. The number of rotatable bonds is 5. The lowest BCUT2D eigenvalue weighted by Gasteiger charge is -2.09. The highest BCUT2D eigenvalue weighted by Crippen LogP contribution is 2.40. The highest BCUT2D eigenvalue weighted by molar-refractivity contribution is 5.94. The van der Waals surface area contributed by atoms with Crippen LogP contribution < -0.4 is 10.9 Å². The number of carbonyl (C=O) groups excluding carboxylic acids is 1. The molecule has 0 radical (unpaired) electrons. The standard InChI is InChI=1S/C22H19FN2O2/c23-17-9-4-8-16(12-17)19-13-20(19)24-21(26)18-10-5-11-25(22(18)27)14-15-6-2-1-3-7-15/h1-12,19-20H,13-14H2,(H,24,26)/t19-,20-/m1/s1.